The van der Waals surface area contributed by atoms with Gasteiger partial charge in [-0.3, -0.25) is 20.2 Å². The van der Waals surface area contributed by atoms with Crippen LogP contribution in [0.1, 0.15) is 0 Å². The average molecular weight is 482 g/mol. The first-order chi connectivity index (χ1) is 15.7. The topological polar surface area (TPSA) is 184 Å². The second kappa shape index (κ2) is 10.5. The van der Waals surface area contributed by atoms with Gasteiger partial charge in [0.2, 0.25) is 6.29 Å². The summed E-state index contributed by atoms with van der Waals surface area (Å²) in [5.41, 5.74) is -0.346. The van der Waals surface area contributed by atoms with E-state index in [1.54, 1.807) is 0 Å². The van der Waals surface area contributed by atoms with Crippen LogP contribution in [0.3, 0.4) is 0 Å². The molecule has 13 nitrogen and oxygen atoms in total. The third-order valence-corrected chi connectivity index (χ3v) is 4.78. The number of nitro benzene ring substituents is 2. The van der Waals surface area contributed by atoms with E-state index in [2.05, 4.69) is 0 Å². The molecule has 1 heterocycles. The molecule has 0 unspecified atom stereocenters. The van der Waals surface area contributed by atoms with E-state index in [4.69, 9.17) is 31.2 Å². The number of aliphatic hydroxyl groups is 3. The Balaban J connectivity index is 1.74. The first-order valence-corrected chi connectivity index (χ1v) is 9.77. The molecule has 14 heteroatoms. The zero-order valence-corrected chi connectivity index (χ0v) is 17.4. The number of aliphatic hydroxyl groups excluding tert-OH is 3. The monoisotopic (exact) mass is 482 g/mol. The fourth-order valence-electron chi connectivity index (χ4n) is 2.92. The molecule has 0 bridgehead atoms. The van der Waals surface area contributed by atoms with Crippen molar-refractivity contribution in [3.05, 3.63) is 68.8 Å². The van der Waals surface area contributed by atoms with Crippen LogP contribution in [0.2, 0.25) is 0 Å². The van der Waals surface area contributed by atoms with Crippen molar-refractivity contribution >= 4 is 28.8 Å². The molecule has 1 fully saturated rings. The number of nitrogens with zero attached hydrogens (tertiary/aromatic N) is 2. The predicted molar refractivity (Wildman–Crippen MR) is 113 cm³/mol. The van der Waals surface area contributed by atoms with E-state index < -0.39 is 52.4 Å². The average Bonchev–Trinajstić information content (AvgIpc) is 2.79. The summed E-state index contributed by atoms with van der Waals surface area (Å²) < 4.78 is 21.8. The second-order valence-corrected chi connectivity index (χ2v) is 7.09. The third kappa shape index (κ3) is 5.88. The molecule has 2 aromatic rings. The number of hydrogen-bond donors (Lipinski definition) is 3. The Hall–Kier alpha value is -3.43. The number of rotatable bonds is 7. The van der Waals surface area contributed by atoms with Crippen LogP contribution >= 0.6 is 12.2 Å². The second-order valence-electron chi connectivity index (χ2n) is 6.76. The lowest BCUT2D eigenvalue weighted by Crippen LogP contribution is -2.61. The van der Waals surface area contributed by atoms with Crippen molar-refractivity contribution in [2.24, 2.45) is 0 Å². The molecule has 2 aromatic carbocycles. The predicted octanol–water partition coefficient (Wildman–Crippen LogP) is 1.07. The zero-order valence-electron chi connectivity index (χ0n) is 16.6. The maximum atomic E-state index is 10.8. The minimum absolute atomic E-state index is 0.110. The summed E-state index contributed by atoms with van der Waals surface area (Å²) in [6.07, 6.45) is -7.23. The van der Waals surface area contributed by atoms with Crippen LogP contribution in [0.4, 0.5) is 11.4 Å². The maximum absolute atomic E-state index is 10.8. The Morgan fingerprint density at radius 1 is 0.939 bits per heavy atom. The van der Waals surface area contributed by atoms with Gasteiger partial charge in [-0.25, -0.2) is 0 Å². The Morgan fingerprint density at radius 3 is 1.94 bits per heavy atom. The third-order valence-electron chi connectivity index (χ3n) is 4.61. The molecule has 3 N–H and O–H groups in total. The van der Waals surface area contributed by atoms with Crippen LogP contribution in [0.15, 0.2) is 48.5 Å². The highest BCUT2D eigenvalue weighted by Crippen LogP contribution is 2.28. The summed E-state index contributed by atoms with van der Waals surface area (Å²) >= 11 is 5.01. The quantitative estimate of drug-likeness (QED) is 0.290. The van der Waals surface area contributed by atoms with Crippen molar-refractivity contribution in [1.29, 1.82) is 0 Å². The van der Waals surface area contributed by atoms with Gasteiger partial charge in [-0.05, 0) is 24.3 Å². The number of benzene rings is 2. The molecule has 0 saturated carbocycles. The van der Waals surface area contributed by atoms with Crippen molar-refractivity contribution in [3.63, 3.8) is 0 Å². The molecule has 3 rings (SSSR count). The molecule has 0 amide bonds. The Kier molecular flexibility index (Phi) is 7.67. The lowest BCUT2D eigenvalue weighted by atomic mass is 9.99. The normalized spacial score (nSPS) is 24.5. The standard InChI is InChI=1S/C19H18N2O11S/c22-9-14-15(23)16(24)17(18(31-14)29-12-5-1-10(2-6-12)20(25)26)32-19(33)30-13-7-3-11(4-8-13)21(27)28/h1-8,14-18,22-24H,9H2/t14-,15-,16+,17-,18+/m1/s1. The summed E-state index contributed by atoms with van der Waals surface area (Å²) in [5, 5.41) is 51.1. The zero-order chi connectivity index (χ0) is 24.1. The Bertz CT molecular complexity index is 1000. The van der Waals surface area contributed by atoms with Crippen molar-refractivity contribution < 1.29 is 44.1 Å². The lowest BCUT2D eigenvalue weighted by molar-refractivity contribution is -0.385. The molecule has 176 valence electrons. The Morgan fingerprint density at radius 2 is 1.45 bits per heavy atom. The Labute approximate surface area is 191 Å². The molecule has 5 atom stereocenters. The summed E-state index contributed by atoms with van der Waals surface area (Å²) in [4.78, 5) is 20.4. The minimum Gasteiger partial charge on any atom is -0.461 e. The lowest BCUT2D eigenvalue weighted by Gasteiger charge is -2.41. The molecule has 1 aliphatic heterocycles. The van der Waals surface area contributed by atoms with Gasteiger partial charge in [-0.15, -0.1) is 0 Å². The van der Waals surface area contributed by atoms with Gasteiger partial charge in [0, 0.05) is 36.5 Å². The largest absolute Gasteiger partial charge is 0.461 e. The van der Waals surface area contributed by atoms with Crippen LogP contribution in [0.25, 0.3) is 0 Å². The maximum Gasteiger partial charge on any atom is 0.358 e. The van der Waals surface area contributed by atoms with Crippen LogP contribution in [-0.4, -0.2) is 67.7 Å². The molecule has 0 aliphatic carbocycles. The summed E-state index contributed by atoms with van der Waals surface area (Å²) in [6, 6.07) is 9.88. The van der Waals surface area contributed by atoms with Crippen LogP contribution in [-0.2, 0) is 9.47 Å². The first kappa shape index (κ1) is 24.2. The van der Waals surface area contributed by atoms with Crippen LogP contribution in [0, 0.1) is 20.2 Å². The van der Waals surface area contributed by atoms with Gasteiger partial charge in [0.1, 0.15) is 29.8 Å². The number of hydrogen-bond acceptors (Lipinski definition) is 12. The molecule has 1 aliphatic rings. The summed E-state index contributed by atoms with van der Waals surface area (Å²) in [7, 11) is 0. The van der Waals surface area contributed by atoms with Crippen molar-refractivity contribution in [2.75, 3.05) is 6.61 Å². The van der Waals surface area contributed by atoms with Crippen molar-refractivity contribution in [2.45, 2.75) is 30.7 Å². The van der Waals surface area contributed by atoms with Gasteiger partial charge in [-0.1, -0.05) is 0 Å². The van der Waals surface area contributed by atoms with Crippen molar-refractivity contribution in [3.8, 4) is 11.5 Å². The van der Waals surface area contributed by atoms with Gasteiger partial charge in [-0.2, -0.15) is 0 Å². The smallest absolute Gasteiger partial charge is 0.358 e. The van der Waals surface area contributed by atoms with E-state index in [-0.39, 0.29) is 22.9 Å². The number of thiocarbonyl (C=S) groups is 1. The SMILES string of the molecule is O=[N+]([O-])c1ccc(OC(=S)O[C@H]2[C@@H](Oc3ccc([N+](=O)[O-])cc3)O[C@H](CO)[C@@H](O)[C@@H]2O)cc1. The van der Waals surface area contributed by atoms with Gasteiger partial charge in [0.05, 0.1) is 16.5 Å². The van der Waals surface area contributed by atoms with Gasteiger partial charge in [0.15, 0.2) is 6.10 Å². The number of ether oxygens (including phenoxy) is 4. The van der Waals surface area contributed by atoms with Crippen LogP contribution < -0.4 is 9.47 Å². The van der Waals surface area contributed by atoms with Gasteiger partial charge in [0.25, 0.3) is 11.4 Å². The van der Waals surface area contributed by atoms with E-state index in [0.29, 0.717) is 0 Å². The highest BCUT2D eigenvalue weighted by Gasteiger charge is 2.47. The fourth-order valence-corrected chi connectivity index (χ4v) is 3.13. The van der Waals surface area contributed by atoms with E-state index in [1.807, 2.05) is 0 Å². The van der Waals surface area contributed by atoms with Crippen LogP contribution in [0.5, 0.6) is 11.5 Å². The van der Waals surface area contributed by atoms with E-state index in [9.17, 15) is 35.5 Å². The van der Waals surface area contributed by atoms with Gasteiger partial charge < -0.3 is 34.3 Å². The minimum atomic E-state index is -1.63. The van der Waals surface area contributed by atoms with E-state index in [0.717, 1.165) is 0 Å². The summed E-state index contributed by atoms with van der Waals surface area (Å²) in [5.74, 6) is 0.222. The fraction of sp³-hybridized carbons (Fsp3) is 0.316. The molecular formula is C19H18N2O11S. The molecule has 33 heavy (non-hydrogen) atoms. The van der Waals surface area contributed by atoms with Crippen molar-refractivity contribution in [1.82, 2.24) is 0 Å². The first-order valence-electron chi connectivity index (χ1n) is 9.36. The molecule has 0 radical (unpaired) electrons. The highest BCUT2D eigenvalue weighted by atomic mass is 32.1. The van der Waals surface area contributed by atoms with E-state index in [1.165, 1.54) is 48.5 Å². The highest BCUT2D eigenvalue weighted by molar-refractivity contribution is 7.79. The van der Waals surface area contributed by atoms with E-state index >= 15 is 0 Å². The molecular weight excluding hydrogens is 464 g/mol. The molecule has 1 saturated heterocycles. The number of non-ortho nitro benzene ring substituents is 2. The number of nitro groups is 2. The molecule has 0 spiro atoms. The molecule has 0 aromatic heterocycles. The van der Waals surface area contributed by atoms with Gasteiger partial charge >= 0.3 is 5.24 Å². The summed E-state index contributed by atoms with van der Waals surface area (Å²) in [6.45, 7) is -0.644.